The van der Waals surface area contributed by atoms with Gasteiger partial charge in [0.25, 0.3) is 0 Å². The highest BCUT2D eigenvalue weighted by Gasteiger charge is 2.25. The molecule has 0 spiro atoms. The van der Waals surface area contributed by atoms with E-state index >= 15 is 0 Å². The molecule has 0 aliphatic rings. The van der Waals surface area contributed by atoms with E-state index in [-0.39, 0.29) is 5.39 Å². The van der Waals surface area contributed by atoms with Gasteiger partial charge in [0.05, 0.1) is 0 Å². The van der Waals surface area contributed by atoms with Gasteiger partial charge in [-0.15, -0.1) is 0 Å². The Morgan fingerprint density at radius 1 is 0.696 bits per heavy atom. The summed E-state index contributed by atoms with van der Waals surface area (Å²) in [5, 5.41) is 4.29. The fourth-order valence-electron chi connectivity index (χ4n) is 3.16. The molecular weight excluding hydrogens is 314 g/mol. The second-order valence-corrected chi connectivity index (χ2v) is 7.02. The van der Waals surface area contributed by atoms with Crippen LogP contribution in [0.25, 0.3) is 32.3 Å². The van der Waals surface area contributed by atoms with E-state index < -0.39 is 18.7 Å². The normalized spacial score (nSPS) is 12.3. The molecule has 0 aliphatic heterocycles. The summed E-state index contributed by atoms with van der Waals surface area (Å²) in [6.45, 7) is 0. The molecule has 114 valence electrons. The van der Waals surface area contributed by atoms with Gasteiger partial charge >= 0.3 is 7.60 Å². The Morgan fingerprint density at radius 2 is 1.26 bits per heavy atom. The third-order valence-corrected chi connectivity index (χ3v) is 5.17. The lowest BCUT2D eigenvalue weighted by molar-refractivity contribution is 0.386. The molecule has 3 nitrogen and oxygen atoms in total. The summed E-state index contributed by atoms with van der Waals surface area (Å²) in [5.41, 5.74) is 0. The lowest BCUT2D eigenvalue weighted by Crippen LogP contribution is -2.10. The van der Waals surface area contributed by atoms with Crippen LogP contribution in [0.5, 0.6) is 0 Å². The Labute approximate surface area is 131 Å². The SMILES string of the molecule is O=P(O)(O)c1c(F)ccc2c1ccc1c3ccccc3ccc21. The van der Waals surface area contributed by atoms with Gasteiger partial charge in [-0.1, -0.05) is 54.6 Å². The first-order valence-corrected chi connectivity index (χ1v) is 8.67. The average Bonchev–Trinajstić information content (AvgIpc) is 2.52. The molecule has 0 unspecified atom stereocenters. The van der Waals surface area contributed by atoms with Crippen LogP contribution in [0.2, 0.25) is 0 Å². The van der Waals surface area contributed by atoms with Crippen molar-refractivity contribution in [2.75, 3.05) is 0 Å². The van der Waals surface area contributed by atoms with E-state index in [2.05, 4.69) is 0 Å². The van der Waals surface area contributed by atoms with Gasteiger partial charge in [-0.3, -0.25) is 4.57 Å². The molecule has 0 saturated carbocycles. The van der Waals surface area contributed by atoms with Gasteiger partial charge in [0.2, 0.25) is 0 Å². The number of rotatable bonds is 1. The minimum Gasteiger partial charge on any atom is -0.321 e. The van der Waals surface area contributed by atoms with Gasteiger partial charge in [-0.2, -0.15) is 0 Å². The average molecular weight is 326 g/mol. The summed E-state index contributed by atoms with van der Waals surface area (Å²) in [6, 6.07) is 17.8. The third-order valence-electron chi connectivity index (χ3n) is 4.14. The first-order valence-electron chi connectivity index (χ1n) is 7.05. The Bertz CT molecular complexity index is 1130. The predicted molar refractivity (Wildman–Crippen MR) is 90.6 cm³/mol. The molecule has 5 heteroatoms. The fourth-order valence-corrected chi connectivity index (χ4v) is 4.02. The van der Waals surface area contributed by atoms with Crippen LogP contribution in [0.3, 0.4) is 0 Å². The quantitative estimate of drug-likeness (QED) is 0.409. The van der Waals surface area contributed by atoms with Crippen LogP contribution in [0, 0.1) is 5.82 Å². The van der Waals surface area contributed by atoms with Crippen LogP contribution in [-0.4, -0.2) is 9.79 Å². The Morgan fingerprint density at radius 3 is 2.04 bits per heavy atom. The molecule has 0 fully saturated rings. The van der Waals surface area contributed by atoms with Crippen molar-refractivity contribution in [3.05, 3.63) is 66.5 Å². The summed E-state index contributed by atoms with van der Waals surface area (Å²) < 4.78 is 25.6. The highest BCUT2D eigenvalue weighted by atomic mass is 31.2. The second kappa shape index (κ2) is 4.87. The molecule has 0 aromatic heterocycles. The first kappa shape index (κ1) is 14.3. The molecule has 0 heterocycles. The van der Waals surface area contributed by atoms with Gasteiger partial charge in [-0.25, -0.2) is 4.39 Å². The highest BCUT2D eigenvalue weighted by Crippen LogP contribution is 2.40. The number of benzene rings is 4. The molecule has 0 radical (unpaired) electrons. The van der Waals surface area contributed by atoms with Crippen molar-refractivity contribution in [1.29, 1.82) is 0 Å². The molecule has 0 amide bonds. The predicted octanol–water partition coefficient (Wildman–Crippen LogP) is 4.09. The summed E-state index contributed by atoms with van der Waals surface area (Å²) in [5.74, 6) is -0.883. The number of hydrogen-bond acceptors (Lipinski definition) is 1. The van der Waals surface area contributed by atoms with Crippen molar-refractivity contribution in [2.45, 2.75) is 0 Å². The molecule has 0 atom stereocenters. The molecule has 0 bridgehead atoms. The van der Waals surface area contributed by atoms with E-state index in [9.17, 15) is 18.7 Å². The zero-order chi connectivity index (χ0) is 16.2. The van der Waals surface area contributed by atoms with Crippen molar-refractivity contribution in [2.24, 2.45) is 0 Å². The molecule has 4 rings (SSSR count). The molecule has 0 aliphatic carbocycles. The summed E-state index contributed by atoms with van der Waals surface area (Å²) in [7, 11) is -4.70. The van der Waals surface area contributed by atoms with E-state index in [0.717, 1.165) is 27.6 Å². The van der Waals surface area contributed by atoms with E-state index in [1.54, 1.807) is 18.2 Å². The topological polar surface area (TPSA) is 57.5 Å². The summed E-state index contributed by atoms with van der Waals surface area (Å²) in [6.07, 6.45) is 0. The fraction of sp³-hybridized carbons (Fsp3) is 0. The lowest BCUT2D eigenvalue weighted by atomic mass is 9.97. The van der Waals surface area contributed by atoms with Gasteiger partial charge in [0.1, 0.15) is 11.1 Å². The van der Waals surface area contributed by atoms with Crippen LogP contribution in [0.1, 0.15) is 0 Å². The Balaban J connectivity index is 2.23. The van der Waals surface area contributed by atoms with E-state index in [1.807, 2.05) is 36.4 Å². The maximum absolute atomic E-state index is 14.0. The van der Waals surface area contributed by atoms with Gasteiger partial charge < -0.3 is 9.79 Å². The number of fused-ring (bicyclic) bond motifs is 5. The van der Waals surface area contributed by atoms with Crippen LogP contribution < -0.4 is 5.30 Å². The van der Waals surface area contributed by atoms with Gasteiger partial charge in [0, 0.05) is 5.39 Å². The van der Waals surface area contributed by atoms with Crippen molar-refractivity contribution in [3.8, 4) is 0 Å². The third kappa shape index (κ3) is 2.15. The maximum atomic E-state index is 14.0. The van der Waals surface area contributed by atoms with Crippen LogP contribution in [-0.2, 0) is 4.57 Å². The zero-order valence-electron chi connectivity index (χ0n) is 11.9. The number of halogens is 1. The smallest absolute Gasteiger partial charge is 0.321 e. The first-order chi connectivity index (χ1) is 11.0. The van der Waals surface area contributed by atoms with Gasteiger partial charge in [0.15, 0.2) is 0 Å². The Hall–Kier alpha value is -2.26. The van der Waals surface area contributed by atoms with Crippen LogP contribution in [0.4, 0.5) is 4.39 Å². The van der Waals surface area contributed by atoms with Crippen molar-refractivity contribution >= 4 is 45.2 Å². The van der Waals surface area contributed by atoms with E-state index in [1.165, 1.54) is 0 Å². The molecule has 23 heavy (non-hydrogen) atoms. The van der Waals surface area contributed by atoms with Crippen molar-refractivity contribution in [1.82, 2.24) is 0 Å². The standard InChI is InChI=1S/C18H12FO3P/c19-17-10-9-15-14-6-5-11-3-1-2-4-12(11)13(14)7-8-16(15)18(17)23(20,21)22/h1-10H,(H2,20,21,22). The zero-order valence-corrected chi connectivity index (χ0v) is 12.8. The maximum Gasteiger partial charge on any atom is 0.359 e. The lowest BCUT2D eigenvalue weighted by Gasteiger charge is -2.12. The molecule has 0 saturated heterocycles. The Kier molecular flexibility index (Phi) is 3.03. The molecule has 4 aromatic rings. The second-order valence-electron chi connectivity index (χ2n) is 5.48. The van der Waals surface area contributed by atoms with Crippen molar-refractivity contribution < 1.29 is 18.7 Å². The largest absolute Gasteiger partial charge is 0.359 e. The van der Waals surface area contributed by atoms with E-state index in [0.29, 0.717) is 5.39 Å². The molecular formula is C18H12FO3P. The van der Waals surface area contributed by atoms with E-state index in [4.69, 9.17) is 0 Å². The minimum absolute atomic E-state index is 0.251. The summed E-state index contributed by atoms with van der Waals surface area (Å²) in [4.78, 5) is 19.0. The monoisotopic (exact) mass is 326 g/mol. The van der Waals surface area contributed by atoms with Crippen molar-refractivity contribution in [3.63, 3.8) is 0 Å². The van der Waals surface area contributed by atoms with Crippen LogP contribution >= 0.6 is 7.60 Å². The summed E-state index contributed by atoms with van der Waals surface area (Å²) >= 11 is 0. The molecule has 4 aromatic carbocycles. The minimum atomic E-state index is -4.70. The molecule has 2 N–H and O–H groups in total. The number of hydrogen-bond donors (Lipinski definition) is 2. The van der Waals surface area contributed by atoms with Crippen LogP contribution in [0.15, 0.2) is 60.7 Å². The van der Waals surface area contributed by atoms with Gasteiger partial charge in [-0.05, 0) is 33.0 Å². The highest BCUT2D eigenvalue weighted by molar-refractivity contribution is 7.60.